The maximum absolute atomic E-state index is 12.2. The average Bonchev–Trinajstić information content (AvgIpc) is 2.43. The molecule has 1 aromatic rings. The summed E-state index contributed by atoms with van der Waals surface area (Å²) in [6.45, 7) is 1.17. The third-order valence-corrected chi connectivity index (χ3v) is 1.83. The number of ether oxygens (including phenoxy) is 1. The van der Waals surface area contributed by atoms with E-state index < -0.39 is 6.55 Å². The third kappa shape index (κ3) is 2.92. The topological polar surface area (TPSA) is 27.1 Å². The Hall–Kier alpha value is -0.680. The number of rotatable bonds is 4. The van der Waals surface area contributed by atoms with E-state index in [1.165, 1.54) is 0 Å². The van der Waals surface area contributed by atoms with Crippen molar-refractivity contribution in [2.45, 2.75) is 33.1 Å². The molecule has 0 bridgehead atoms. The van der Waals surface area contributed by atoms with E-state index in [0.717, 1.165) is 6.20 Å². The second-order valence-corrected chi connectivity index (χ2v) is 3.45. The lowest BCUT2D eigenvalue weighted by atomic mass is 10.4. The number of hydrogen-bond donors (Lipinski definition) is 0. The van der Waals surface area contributed by atoms with Gasteiger partial charge in [-0.1, -0.05) is 11.6 Å². The smallest absolute Gasteiger partial charge is 0.333 e. The van der Waals surface area contributed by atoms with Crippen molar-refractivity contribution in [2.75, 3.05) is 0 Å². The van der Waals surface area contributed by atoms with Gasteiger partial charge in [0.25, 0.3) is 0 Å². The highest BCUT2D eigenvalue weighted by Crippen LogP contribution is 2.19. The van der Waals surface area contributed by atoms with Crippen LogP contribution in [0.3, 0.4) is 0 Å². The average molecular weight is 225 g/mol. The Morgan fingerprint density at radius 3 is 2.64 bits per heavy atom. The summed E-state index contributed by atoms with van der Waals surface area (Å²) in [5.74, 6) is 0. The van der Waals surface area contributed by atoms with Crippen LogP contribution in [-0.4, -0.2) is 15.9 Å². The first kappa shape index (κ1) is 11.4. The molecule has 1 rings (SSSR count). The third-order valence-electron chi connectivity index (χ3n) is 1.51. The van der Waals surface area contributed by atoms with Crippen LogP contribution in [0, 0.1) is 0 Å². The summed E-state index contributed by atoms with van der Waals surface area (Å²) >= 11 is 5.68. The van der Waals surface area contributed by atoms with Crippen LogP contribution in [0.1, 0.15) is 26.1 Å². The van der Waals surface area contributed by atoms with Crippen molar-refractivity contribution in [1.82, 2.24) is 9.78 Å². The quantitative estimate of drug-likeness (QED) is 0.786. The molecular weight excluding hydrogens is 214 g/mol. The molecule has 0 aromatic carbocycles. The Labute approximate surface area is 85.6 Å². The van der Waals surface area contributed by atoms with Gasteiger partial charge in [-0.05, 0) is 13.8 Å². The Kier molecular flexibility index (Phi) is 3.83. The molecule has 0 aliphatic heterocycles. The molecule has 0 saturated heterocycles. The van der Waals surface area contributed by atoms with Gasteiger partial charge in [0.05, 0.1) is 17.7 Å². The van der Waals surface area contributed by atoms with Gasteiger partial charge >= 0.3 is 6.55 Å². The molecule has 1 heterocycles. The fourth-order valence-electron chi connectivity index (χ4n) is 0.850. The van der Waals surface area contributed by atoms with E-state index in [0.29, 0.717) is 10.4 Å². The number of nitrogens with zero attached hydrogens (tertiary/aromatic N) is 2. The van der Waals surface area contributed by atoms with Crippen molar-refractivity contribution < 1.29 is 13.5 Å². The molecule has 0 fully saturated rings. The summed E-state index contributed by atoms with van der Waals surface area (Å²) in [6, 6.07) is 0. The molecular formula is C8H11ClF2N2O. The highest BCUT2D eigenvalue weighted by Gasteiger charge is 2.12. The molecule has 3 nitrogen and oxygen atoms in total. The Morgan fingerprint density at radius 1 is 1.57 bits per heavy atom. The molecule has 0 radical (unpaired) electrons. The monoisotopic (exact) mass is 224 g/mol. The Balaban J connectivity index is 2.67. The first-order valence-corrected chi connectivity index (χ1v) is 4.51. The van der Waals surface area contributed by atoms with Crippen LogP contribution in [0.25, 0.3) is 0 Å². The SMILES string of the molecule is CC(C)OCc1nn(C(F)F)cc1Cl. The van der Waals surface area contributed by atoms with E-state index in [-0.39, 0.29) is 17.7 Å². The fraction of sp³-hybridized carbons (Fsp3) is 0.625. The minimum absolute atomic E-state index is 0.0165. The zero-order valence-electron chi connectivity index (χ0n) is 7.88. The van der Waals surface area contributed by atoms with Crippen LogP contribution in [0.4, 0.5) is 8.78 Å². The number of hydrogen-bond acceptors (Lipinski definition) is 2. The van der Waals surface area contributed by atoms with E-state index in [1.807, 2.05) is 13.8 Å². The van der Waals surface area contributed by atoms with Crippen LogP contribution in [0.5, 0.6) is 0 Å². The second-order valence-electron chi connectivity index (χ2n) is 3.04. The van der Waals surface area contributed by atoms with E-state index in [1.54, 1.807) is 0 Å². The predicted molar refractivity (Wildman–Crippen MR) is 48.4 cm³/mol. The zero-order chi connectivity index (χ0) is 10.7. The molecule has 0 saturated carbocycles. The van der Waals surface area contributed by atoms with Gasteiger partial charge in [-0.3, -0.25) is 0 Å². The van der Waals surface area contributed by atoms with Crippen molar-refractivity contribution in [3.8, 4) is 0 Å². The lowest BCUT2D eigenvalue weighted by Crippen LogP contribution is -2.04. The van der Waals surface area contributed by atoms with Gasteiger partial charge < -0.3 is 4.74 Å². The number of aromatic nitrogens is 2. The molecule has 0 N–H and O–H groups in total. The molecule has 1 aromatic heterocycles. The van der Waals surface area contributed by atoms with Crippen LogP contribution in [0.2, 0.25) is 5.02 Å². The summed E-state index contributed by atoms with van der Waals surface area (Å²) in [7, 11) is 0. The van der Waals surface area contributed by atoms with Crippen molar-refractivity contribution in [3.05, 3.63) is 16.9 Å². The lowest BCUT2D eigenvalue weighted by molar-refractivity contribution is 0.0485. The molecule has 0 spiro atoms. The van der Waals surface area contributed by atoms with E-state index in [9.17, 15) is 8.78 Å². The fourth-order valence-corrected chi connectivity index (χ4v) is 1.04. The van der Waals surface area contributed by atoms with E-state index in [4.69, 9.17) is 16.3 Å². The molecule has 6 heteroatoms. The maximum atomic E-state index is 12.2. The number of alkyl halides is 2. The van der Waals surface area contributed by atoms with Gasteiger partial charge in [0.2, 0.25) is 0 Å². The summed E-state index contributed by atoms with van der Waals surface area (Å²) in [6.07, 6.45) is 1.10. The van der Waals surface area contributed by atoms with Gasteiger partial charge in [0.15, 0.2) is 0 Å². The summed E-state index contributed by atoms with van der Waals surface area (Å²) in [5, 5.41) is 3.79. The Morgan fingerprint density at radius 2 is 2.21 bits per heavy atom. The highest BCUT2D eigenvalue weighted by molar-refractivity contribution is 6.31. The standard InChI is InChI=1S/C8H11ClF2N2O/c1-5(2)14-4-7-6(9)3-13(12-7)8(10)11/h3,5,8H,4H2,1-2H3. The van der Waals surface area contributed by atoms with Crippen molar-refractivity contribution in [2.24, 2.45) is 0 Å². The van der Waals surface area contributed by atoms with Crippen LogP contribution in [0.15, 0.2) is 6.20 Å². The maximum Gasteiger partial charge on any atom is 0.333 e. The minimum atomic E-state index is -2.67. The number of halogens is 3. The molecule has 14 heavy (non-hydrogen) atoms. The van der Waals surface area contributed by atoms with Gasteiger partial charge in [0.1, 0.15) is 5.69 Å². The first-order chi connectivity index (χ1) is 6.50. The molecule has 0 unspecified atom stereocenters. The van der Waals surface area contributed by atoms with Crippen LogP contribution < -0.4 is 0 Å². The normalized spacial score (nSPS) is 11.6. The van der Waals surface area contributed by atoms with Crippen molar-refractivity contribution in [1.29, 1.82) is 0 Å². The molecule has 0 amide bonds. The zero-order valence-corrected chi connectivity index (χ0v) is 8.63. The minimum Gasteiger partial charge on any atom is -0.372 e. The summed E-state index contributed by atoms with van der Waals surface area (Å²) < 4.78 is 30.0. The van der Waals surface area contributed by atoms with Gasteiger partial charge in [-0.25, -0.2) is 4.68 Å². The lowest BCUT2D eigenvalue weighted by Gasteiger charge is -2.04. The van der Waals surface area contributed by atoms with Crippen molar-refractivity contribution in [3.63, 3.8) is 0 Å². The van der Waals surface area contributed by atoms with Crippen molar-refractivity contribution >= 4 is 11.6 Å². The molecule has 0 aliphatic rings. The summed E-state index contributed by atoms with van der Waals surface area (Å²) in [5.41, 5.74) is 0.334. The van der Waals surface area contributed by atoms with E-state index >= 15 is 0 Å². The van der Waals surface area contributed by atoms with Crippen LogP contribution >= 0.6 is 11.6 Å². The molecule has 80 valence electrons. The van der Waals surface area contributed by atoms with E-state index in [2.05, 4.69) is 5.10 Å². The van der Waals surface area contributed by atoms with Gasteiger partial charge in [-0.15, -0.1) is 0 Å². The van der Waals surface area contributed by atoms with Gasteiger partial charge in [-0.2, -0.15) is 13.9 Å². The summed E-state index contributed by atoms with van der Waals surface area (Å²) in [4.78, 5) is 0. The second kappa shape index (κ2) is 4.70. The largest absolute Gasteiger partial charge is 0.372 e. The Bertz CT molecular complexity index is 302. The van der Waals surface area contributed by atoms with Gasteiger partial charge in [0, 0.05) is 6.20 Å². The molecule has 0 aliphatic carbocycles. The predicted octanol–water partition coefficient (Wildman–Crippen LogP) is 2.86. The highest BCUT2D eigenvalue weighted by atomic mass is 35.5. The van der Waals surface area contributed by atoms with Crippen LogP contribution in [-0.2, 0) is 11.3 Å². The first-order valence-electron chi connectivity index (χ1n) is 4.14. The molecule has 0 atom stereocenters.